The minimum Gasteiger partial charge on any atom is -0.497 e. The van der Waals surface area contributed by atoms with Gasteiger partial charge in [-0.3, -0.25) is 14.3 Å². The highest BCUT2D eigenvalue weighted by Gasteiger charge is 2.44. The van der Waals surface area contributed by atoms with Crippen molar-refractivity contribution in [1.82, 2.24) is 9.55 Å². The Bertz CT molecular complexity index is 1020. The third kappa shape index (κ3) is 1.54. The fraction of sp³-hybridized carbons (Fsp3) is 0.400. The lowest BCUT2D eigenvalue weighted by Crippen LogP contribution is -2.39. The molecule has 0 saturated carbocycles. The van der Waals surface area contributed by atoms with Gasteiger partial charge < -0.3 is 4.74 Å². The van der Waals surface area contributed by atoms with Crippen LogP contribution in [0.1, 0.15) is 48.7 Å². The van der Waals surface area contributed by atoms with Gasteiger partial charge in [-0.25, -0.2) is 0 Å². The van der Waals surface area contributed by atoms with Crippen molar-refractivity contribution in [3.05, 3.63) is 35.7 Å². The summed E-state index contributed by atoms with van der Waals surface area (Å²) in [5, 5.41) is 2.14. The van der Waals surface area contributed by atoms with Gasteiger partial charge in [-0.15, -0.1) is 0 Å². The Morgan fingerprint density at radius 3 is 3.00 bits per heavy atom. The molecular weight excluding hydrogens is 300 g/mol. The van der Waals surface area contributed by atoms with Gasteiger partial charge in [0.15, 0.2) is 0 Å². The number of rotatable bonds is 2. The number of carbonyl (C=O) groups excluding carboxylic acids is 1. The van der Waals surface area contributed by atoms with Gasteiger partial charge in [0.05, 0.1) is 18.1 Å². The molecule has 1 aliphatic heterocycles. The van der Waals surface area contributed by atoms with Crippen LogP contribution >= 0.6 is 0 Å². The smallest absolute Gasteiger partial charge is 0.232 e. The molecule has 0 spiro atoms. The Labute approximate surface area is 140 Å². The minimum atomic E-state index is -0.0222. The number of hydrogen-bond donors (Lipinski definition) is 0. The number of aromatic nitrogens is 2. The molecular formula is C20H20N2O2. The molecule has 3 aromatic rings. The number of hydrogen-bond acceptors (Lipinski definition) is 3. The van der Waals surface area contributed by atoms with Crippen molar-refractivity contribution in [3.8, 4) is 5.75 Å². The molecule has 1 atom stereocenters. The van der Waals surface area contributed by atoms with Crippen molar-refractivity contribution in [3.63, 3.8) is 0 Å². The van der Waals surface area contributed by atoms with Gasteiger partial charge in [0.1, 0.15) is 5.75 Å². The van der Waals surface area contributed by atoms with Crippen LogP contribution in [0.25, 0.3) is 21.8 Å². The Morgan fingerprint density at radius 2 is 2.21 bits per heavy atom. The maximum atomic E-state index is 13.1. The van der Waals surface area contributed by atoms with Crippen LogP contribution in [0.3, 0.4) is 0 Å². The van der Waals surface area contributed by atoms with E-state index in [9.17, 15) is 4.79 Å². The Hall–Kier alpha value is -2.36. The molecule has 0 fully saturated rings. The predicted molar refractivity (Wildman–Crippen MR) is 93.9 cm³/mol. The van der Waals surface area contributed by atoms with Crippen molar-refractivity contribution in [2.45, 2.75) is 44.4 Å². The summed E-state index contributed by atoms with van der Waals surface area (Å²) in [6.45, 7) is 2.21. The van der Waals surface area contributed by atoms with E-state index in [1.165, 1.54) is 11.3 Å². The summed E-state index contributed by atoms with van der Waals surface area (Å²) < 4.78 is 7.32. The predicted octanol–water partition coefficient (Wildman–Crippen LogP) is 4.23. The van der Waals surface area contributed by atoms with Gasteiger partial charge in [0.25, 0.3) is 0 Å². The maximum absolute atomic E-state index is 13.1. The maximum Gasteiger partial charge on any atom is 0.232 e. The fourth-order valence-electron chi connectivity index (χ4n) is 4.89. The lowest BCUT2D eigenvalue weighted by Gasteiger charge is -2.41. The molecule has 3 heterocycles. The topological polar surface area (TPSA) is 44.1 Å². The average Bonchev–Trinajstić information content (AvgIpc) is 2.95. The van der Waals surface area contributed by atoms with Crippen LogP contribution in [0, 0.1) is 0 Å². The van der Waals surface area contributed by atoms with E-state index in [2.05, 4.69) is 6.92 Å². The summed E-state index contributed by atoms with van der Waals surface area (Å²) in [4.78, 5) is 17.9. The molecule has 0 saturated heterocycles. The van der Waals surface area contributed by atoms with Crippen molar-refractivity contribution in [2.24, 2.45) is 0 Å². The zero-order valence-electron chi connectivity index (χ0n) is 14.1. The number of nitrogens with zero attached hydrogens (tertiary/aromatic N) is 2. The Morgan fingerprint density at radius 1 is 1.33 bits per heavy atom. The number of benzene rings is 1. The van der Waals surface area contributed by atoms with Crippen LogP contribution in [-0.4, -0.2) is 22.6 Å². The van der Waals surface area contributed by atoms with E-state index in [-0.39, 0.29) is 11.3 Å². The first-order chi connectivity index (χ1) is 11.7. The molecule has 4 nitrogen and oxygen atoms in total. The second-order valence-corrected chi connectivity index (χ2v) is 7.12. The molecule has 2 aliphatic rings. The summed E-state index contributed by atoms with van der Waals surface area (Å²) in [5.74, 6) is 1.03. The molecule has 1 unspecified atom stereocenters. The molecule has 0 radical (unpaired) electrons. The van der Waals surface area contributed by atoms with Gasteiger partial charge >= 0.3 is 0 Å². The second-order valence-electron chi connectivity index (χ2n) is 7.12. The monoisotopic (exact) mass is 320 g/mol. The lowest BCUT2D eigenvalue weighted by atomic mass is 9.66. The molecule has 5 rings (SSSR count). The van der Waals surface area contributed by atoms with E-state index < -0.39 is 0 Å². The highest BCUT2D eigenvalue weighted by Crippen LogP contribution is 2.50. The van der Waals surface area contributed by atoms with E-state index >= 15 is 0 Å². The number of aryl methyl sites for hydroxylation is 1. The SMILES string of the molecule is CCC12CCCc3ncc4c5cc(OC)ccc5n(c4c31)C(=O)C2. The molecule has 1 aliphatic carbocycles. The number of ether oxygens (including phenoxy) is 1. The Balaban J connectivity index is 2.01. The van der Waals surface area contributed by atoms with Gasteiger partial charge in [-0.2, -0.15) is 0 Å². The summed E-state index contributed by atoms with van der Waals surface area (Å²) >= 11 is 0. The third-order valence-electron chi connectivity index (χ3n) is 6.10. The third-order valence-corrected chi connectivity index (χ3v) is 6.10. The van der Waals surface area contributed by atoms with Gasteiger partial charge in [0, 0.05) is 40.1 Å². The van der Waals surface area contributed by atoms with Crippen LogP contribution < -0.4 is 4.74 Å². The largest absolute Gasteiger partial charge is 0.497 e. The average molecular weight is 320 g/mol. The van der Waals surface area contributed by atoms with Crippen LogP contribution in [-0.2, 0) is 11.8 Å². The van der Waals surface area contributed by atoms with Gasteiger partial charge in [0.2, 0.25) is 5.91 Å². The molecule has 122 valence electrons. The fourth-order valence-corrected chi connectivity index (χ4v) is 4.89. The summed E-state index contributed by atoms with van der Waals surface area (Å²) in [6, 6.07) is 5.96. The first-order valence-corrected chi connectivity index (χ1v) is 8.72. The zero-order chi connectivity index (χ0) is 16.5. The van der Waals surface area contributed by atoms with E-state index in [1.807, 2.05) is 29.0 Å². The standard InChI is InChI=1S/C20H20N2O2/c1-3-20-8-4-5-15-18(20)19-14(11-21-15)13-9-12(24-2)6-7-16(13)22(19)17(23)10-20/h6-7,9,11H,3-5,8,10H2,1-2H3. The summed E-state index contributed by atoms with van der Waals surface area (Å²) in [7, 11) is 1.67. The summed E-state index contributed by atoms with van der Waals surface area (Å²) in [6.07, 6.45) is 6.79. The molecule has 0 bridgehead atoms. The van der Waals surface area contributed by atoms with E-state index in [0.717, 1.165) is 53.2 Å². The highest BCUT2D eigenvalue weighted by molar-refractivity contribution is 6.16. The number of carbonyl (C=O) groups is 1. The second kappa shape index (κ2) is 4.59. The van der Waals surface area contributed by atoms with Gasteiger partial charge in [-0.05, 0) is 43.9 Å². The number of methoxy groups -OCH3 is 1. The van der Waals surface area contributed by atoms with Crippen molar-refractivity contribution in [1.29, 1.82) is 0 Å². The molecule has 4 heteroatoms. The zero-order valence-corrected chi connectivity index (χ0v) is 14.1. The molecule has 0 amide bonds. The van der Waals surface area contributed by atoms with Crippen molar-refractivity contribution >= 4 is 27.7 Å². The normalized spacial score (nSPS) is 22.3. The van der Waals surface area contributed by atoms with Crippen LogP contribution in [0.4, 0.5) is 0 Å². The first-order valence-electron chi connectivity index (χ1n) is 8.72. The van der Waals surface area contributed by atoms with Crippen LogP contribution in [0.2, 0.25) is 0 Å². The molecule has 24 heavy (non-hydrogen) atoms. The lowest BCUT2D eigenvalue weighted by molar-refractivity contribution is 0.0853. The minimum absolute atomic E-state index is 0.0222. The van der Waals surface area contributed by atoms with E-state index in [0.29, 0.717) is 6.42 Å². The van der Waals surface area contributed by atoms with E-state index in [1.54, 1.807) is 7.11 Å². The number of pyridine rings is 1. The summed E-state index contributed by atoms with van der Waals surface area (Å²) in [5.41, 5.74) is 4.58. The quantitative estimate of drug-likeness (QED) is 0.710. The molecule has 1 aromatic carbocycles. The van der Waals surface area contributed by atoms with Crippen LogP contribution in [0.15, 0.2) is 24.4 Å². The molecule has 0 N–H and O–H groups in total. The molecule has 2 aromatic heterocycles. The van der Waals surface area contributed by atoms with Crippen molar-refractivity contribution in [2.75, 3.05) is 7.11 Å². The van der Waals surface area contributed by atoms with E-state index in [4.69, 9.17) is 9.72 Å². The van der Waals surface area contributed by atoms with Crippen molar-refractivity contribution < 1.29 is 9.53 Å². The first kappa shape index (κ1) is 14.0. The number of fused-ring (bicyclic) bond motifs is 3. The highest BCUT2D eigenvalue weighted by atomic mass is 16.5. The van der Waals surface area contributed by atoms with Gasteiger partial charge in [-0.1, -0.05) is 6.92 Å². The Kier molecular flexibility index (Phi) is 2.68. The van der Waals surface area contributed by atoms with Crippen LogP contribution in [0.5, 0.6) is 5.75 Å².